The van der Waals surface area contributed by atoms with Gasteiger partial charge in [0.05, 0.1) is 0 Å². The maximum atomic E-state index is 10.7. The van der Waals surface area contributed by atoms with E-state index in [1.165, 1.54) is 6.20 Å². The Bertz CT molecular complexity index is 141. The summed E-state index contributed by atoms with van der Waals surface area (Å²) in [5.74, 6) is -0.0682. The third-order valence-corrected chi connectivity index (χ3v) is 1.04. The van der Waals surface area contributed by atoms with Crippen molar-refractivity contribution >= 4 is 29.1 Å². The molecule has 0 aromatic carbocycles. The van der Waals surface area contributed by atoms with Crippen molar-refractivity contribution in [2.45, 2.75) is 19.8 Å². The smallest absolute Gasteiger partial charge is 0.223 e. The number of amides is 1. The van der Waals surface area contributed by atoms with Crippen molar-refractivity contribution in [2.24, 2.45) is 0 Å². The molecule has 2 nitrogen and oxygen atoms in total. The molecule has 0 aliphatic heterocycles. The van der Waals surface area contributed by atoms with Gasteiger partial charge >= 0.3 is 0 Å². The van der Waals surface area contributed by atoms with Gasteiger partial charge in [-0.15, -0.1) is 0 Å². The van der Waals surface area contributed by atoms with Crippen molar-refractivity contribution in [1.82, 2.24) is 5.32 Å². The summed E-state index contributed by atoms with van der Waals surface area (Å²) in [7, 11) is 0. The van der Waals surface area contributed by atoms with E-state index in [2.05, 4.69) is 5.32 Å². The van der Waals surface area contributed by atoms with Gasteiger partial charge in [-0.25, -0.2) is 0 Å². The Kier molecular flexibility index (Phi) is 5.45. The van der Waals surface area contributed by atoms with E-state index >= 15 is 0 Å². The first-order valence-corrected chi connectivity index (χ1v) is 3.73. The van der Waals surface area contributed by atoms with E-state index in [4.69, 9.17) is 23.2 Å². The fourth-order valence-corrected chi connectivity index (χ4v) is 0.543. The molecule has 4 heteroatoms. The number of rotatable bonds is 3. The summed E-state index contributed by atoms with van der Waals surface area (Å²) in [5, 5.41) is 2.42. The molecule has 0 atom stereocenters. The van der Waals surface area contributed by atoms with Gasteiger partial charge in [0.2, 0.25) is 5.91 Å². The van der Waals surface area contributed by atoms with Crippen LogP contribution in [0.1, 0.15) is 19.8 Å². The zero-order chi connectivity index (χ0) is 7.98. The lowest BCUT2D eigenvalue weighted by Crippen LogP contribution is -2.15. The summed E-state index contributed by atoms with van der Waals surface area (Å²) in [4.78, 5) is 10.7. The molecule has 0 spiro atoms. The van der Waals surface area contributed by atoms with Gasteiger partial charge in [0.15, 0.2) is 0 Å². The number of hydrogen-bond donors (Lipinski definition) is 1. The SMILES string of the molecule is CCCC(=O)NC=C(Cl)Cl. The van der Waals surface area contributed by atoms with Crippen LogP contribution in [0, 0.1) is 0 Å². The van der Waals surface area contributed by atoms with Gasteiger partial charge in [0.25, 0.3) is 0 Å². The molecule has 0 radical (unpaired) electrons. The van der Waals surface area contributed by atoms with Gasteiger partial charge < -0.3 is 5.32 Å². The highest BCUT2D eigenvalue weighted by molar-refractivity contribution is 6.55. The van der Waals surface area contributed by atoms with Gasteiger partial charge in [-0.2, -0.15) is 0 Å². The van der Waals surface area contributed by atoms with Gasteiger partial charge in [-0.3, -0.25) is 4.79 Å². The van der Waals surface area contributed by atoms with E-state index in [0.29, 0.717) is 6.42 Å². The summed E-state index contributed by atoms with van der Waals surface area (Å²) in [6, 6.07) is 0. The molecule has 0 saturated carbocycles. The number of carbonyl (C=O) groups excluding carboxylic acids is 1. The molecule has 0 saturated heterocycles. The molecule has 0 aliphatic rings. The maximum absolute atomic E-state index is 10.7. The van der Waals surface area contributed by atoms with Crippen molar-refractivity contribution in [1.29, 1.82) is 0 Å². The predicted molar refractivity (Wildman–Crippen MR) is 42.8 cm³/mol. The topological polar surface area (TPSA) is 29.1 Å². The van der Waals surface area contributed by atoms with E-state index in [1.54, 1.807) is 0 Å². The van der Waals surface area contributed by atoms with Crippen LogP contribution in [0.3, 0.4) is 0 Å². The van der Waals surface area contributed by atoms with Crippen LogP contribution in [0.4, 0.5) is 0 Å². The Hall–Kier alpha value is -0.210. The summed E-state index contributed by atoms with van der Waals surface area (Å²) >= 11 is 10.5. The summed E-state index contributed by atoms with van der Waals surface area (Å²) < 4.78 is 0.0597. The molecular formula is C6H9Cl2NO. The van der Waals surface area contributed by atoms with Crippen LogP contribution in [0.15, 0.2) is 10.7 Å². The Morgan fingerprint density at radius 3 is 2.60 bits per heavy atom. The van der Waals surface area contributed by atoms with E-state index in [9.17, 15) is 4.79 Å². The van der Waals surface area contributed by atoms with Crippen molar-refractivity contribution in [3.05, 3.63) is 10.7 Å². The standard InChI is InChI=1S/C6H9Cl2NO/c1-2-3-6(10)9-4-5(7)8/h4H,2-3H2,1H3,(H,9,10). The van der Waals surface area contributed by atoms with Crippen LogP contribution in [0.5, 0.6) is 0 Å². The van der Waals surface area contributed by atoms with Crippen LogP contribution in [-0.4, -0.2) is 5.91 Å². The molecule has 10 heavy (non-hydrogen) atoms. The van der Waals surface area contributed by atoms with Crippen LogP contribution < -0.4 is 5.32 Å². The predicted octanol–water partition coefficient (Wildman–Crippen LogP) is 2.18. The Balaban J connectivity index is 3.49. The number of halogens is 2. The first-order valence-electron chi connectivity index (χ1n) is 2.97. The molecule has 0 aliphatic carbocycles. The van der Waals surface area contributed by atoms with Crippen LogP contribution in [0.2, 0.25) is 0 Å². The average Bonchev–Trinajstić information content (AvgIpc) is 1.85. The van der Waals surface area contributed by atoms with Crippen LogP contribution in [-0.2, 0) is 4.79 Å². The normalized spacial score (nSPS) is 8.70. The molecule has 0 aromatic rings. The third-order valence-electron chi connectivity index (χ3n) is 0.819. The van der Waals surface area contributed by atoms with Gasteiger partial charge in [-0.05, 0) is 6.42 Å². The quantitative estimate of drug-likeness (QED) is 0.711. The first-order chi connectivity index (χ1) is 4.66. The highest BCUT2D eigenvalue weighted by atomic mass is 35.5. The molecule has 1 N–H and O–H groups in total. The number of carbonyl (C=O) groups is 1. The summed E-state index contributed by atoms with van der Waals surface area (Å²) in [6.45, 7) is 1.92. The van der Waals surface area contributed by atoms with Crippen LogP contribution in [0.25, 0.3) is 0 Å². The fraction of sp³-hybridized carbons (Fsp3) is 0.500. The van der Waals surface area contributed by atoms with E-state index in [0.717, 1.165) is 6.42 Å². The minimum Gasteiger partial charge on any atom is -0.330 e. The maximum Gasteiger partial charge on any atom is 0.223 e. The largest absolute Gasteiger partial charge is 0.330 e. The minimum atomic E-state index is -0.0682. The third kappa shape index (κ3) is 5.92. The zero-order valence-electron chi connectivity index (χ0n) is 5.66. The van der Waals surface area contributed by atoms with E-state index in [-0.39, 0.29) is 10.4 Å². The van der Waals surface area contributed by atoms with Gasteiger partial charge in [0.1, 0.15) is 4.49 Å². The summed E-state index contributed by atoms with van der Waals surface area (Å²) in [6.07, 6.45) is 2.58. The zero-order valence-corrected chi connectivity index (χ0v) is 7.17. The Morgan fingerprint density at radius 2 is 2.20 bits per heavy atom. The van der Waals surface area contributed by atoms with Crippen LogP contribution >= 0.6 is 23.2 Å². The highest BCUT2D eigenvalue weighted by Gasteiger charge is 1.94. The lowest BCUT2D eigenvalue weighted by molar-refractivity contribution is -0.120. The molecule has 0 unspecified atom stereocenters. The van der Waals surface area contributed by atoms with Crippen molar-refractivity contribution in [2.75, 3.05) is 0 Å². The Labute approximate surface area is 70.2 Å². The second-order valence-electron chi connectivity index (χ2n) is 1.75. The second-order valence-corrected chi connectivity index (χ2v) is 2.76. The molecule has 1 amide bonds. The summed E-state index contributed by atoms with van der Waals surface area (Å²) in [5.41, 5.74) is 0. The number of nitrogens with one attached hydrogen (secondary N) is 1. The fourth-order valence-electron chi connectivity index (χ4n) is 0.434. The molecule has 58 valence electrons. The highest BCUT2D eigenvalue weighted by Crippen LogP contribution is 2.03. The number of hydrogen-bond acceptors (Lipinski definition) is 1. The first kappa shape index (κ1) is 9.79. The van der Waals surface area contributed by atoms with E-state index in [1.807, 2.05) is 6.92 Å². The molecular weight excluding hydrogens is 173 g/mol. The van der Waals surface area contributed by atoms with E-state index < -0.39 is 0 Å². The molecule has 0 bridgehead atoms. The molecule has 0 rings (SSSR count). The van der Waals surface area contributed by atoms with Gasteiger partial charge in [-0.1, -0.05) is 30.1 Å². The second kappa shape index (κ2) is 5.57. The average molecular weight is 182 g/mol. The van der Waals surface area contributed by atoms with Gasteiger partial charge in [0, 0.05) is 12.6 Å². The van der Waals surface area contributed by atoms with Crippen molar-refractivity contribution in [3.8, 4) is 0 Å². The monoisotopic (exact) mass is 181 g/mol. The van der Waals surface area contributed by atoms with Crippen molar-refractivity contribution < 1.29 is 4.79 Å². The molecule has 0 aromatic heterocycles. The lowest BCUT2D eigenvalue weighted by atomic mass is 10.3. The molecule has 0 heterocycles. The minimum absolute atomic E-state index is 0.0597. The molecule has 0 fully saturated rings. The Morgan fingerprint density at radius 1 is 1.60 bits per heavy atom. The lowest BCUT2D eigenvalue weighted by Gasteiger charge is -1.94. The van der Waals surface area contributed by atoms with Crippen molar-refractivity contribution in [3.63, 3.8) is 0 Å².